The molecule has 0 amide bonds. The molecular weight excluding hydrogens is 232 g/mol. The number of hydrazine groups is 2. The van der Waals surface area contributed by atoms with Crippen molar-refractivity contribution >= 4 is 15.9 Å². The lowest BCUT2D eigenvalue weighted by molar-refractivity contribution is 0.0926. The van der Waals surface area contributed by atoms with Crippen LogP contribution in [-0.4, -0.2) is 29.3 Å². The van der Waals surface area contributed by atoms with Gasteiger partial charge in [-0.1, -0.05) is 15.9 Å². The molecule has 0 radical (unpaired) electrons. The van der Waals surface area contributed by atoms with Crippen LogP contribution in [0.15, 0.2) is 0 Å². The first-order valence-electron chi connectivity index (χ1n) is 3.88. The zero-order chi connectivity index (χ0) is 8.72. The Balaban J connectivity index is 2.10. The van der Waals surface area contributed by atoms with Crippen LogP contribution >= 0.6 is 15.9 Å². The highest BCUT2D eigenvalue weighted by Gasteiger charge is 2.46. The highest BCUT2D eigenvalue weighted by Crippen LogP contribution is 2.30. The first-order valence-corrected chi connectivity index (χ1v) is 4.80. The lowest BCUT2D eigenvalue weighted by Crippen LogP contribution is -2.54. The summed E-state index contributed by atoms with van der Waals surface area (Å²) < 4.78 is 26.3. The summed E-state index contributed by atoms with van der Waals surface area (Å²) in [4.78, 5) is -0.386. The van der Waals surface area contributed by atoms with Crippen LogP contribution in [0, 0.1) is 0 Å². The van der Waals surface area contributed by atoms with E-state index in [1.807, 2.05) is 0 Å². The Bertz CT molecular complexity index is 182. The number of hydrogen-bond acceptors (Lipinski definition) is 3. The van der Waals surface area contributed by atoms with Gasteiger partial charge in [-0.2, -0.15) is 5.53 Å². The van der Waals surface area contributed by atoms with Crippen molar-refractivity contribution in [3.05, 3.63) is 0 Å². The van der Waals surface area contributed by atoms with E-state index >= 15 is 0 Å². The van der Waals surface area contributed by atoms with Crippen molar-refractivity contribution in [2.75, 3.05) is 0 Å². The largest absolute Gasteiger partial charge is 0.243 e. The van der Waals surface area contributed by atoms with Crippen molar-refractivity contribution in [1.82, 2.24) is 16.4 Å². The average Bonchev–Trinajstić information content (AvgIpc) is 2.48. The molecule has 0 aromatic heterocycles. The fourth-order valence-electron chi connectivity index (χ4n) is 1.69. The van der Waals surface area contributed by atoms with Crippen LogP contribution in [0.2, 0.25) is 0 Å². The molecule has 3 nitrogen and oxygen atoms in total. The van der Waals surface area contributed by atoms with E-state index in [1.54, 1.807) is 0 Å². The molecule has 2 fully saturated rings. The van der Waals surface area contributed by atoms with Crippen molar-refractivity contribution in [2.45, 2.75) is 35.7 Å². The third-order valence-corrected chi connectivity index (χ3v) is 3.28. The minimum atomic E-state index is -1.45. The Kier molecular flexibility index (Phi) is 2.33. The van der Waals surface area contributed by atoms with Crippen molar-refractivity contribution in [3.8, 4) is 0 Å². The van der Waals surface area contributed by atoms with Gasteiger partial charge in [0.15, 0.2) is 6.17 Å². The summed E-state index contributed by atoms with van der Waals surface area (Å²) in [6.07, 6.45) is -2.28. The van der Waals surface area contributed by atoms with E-state index in [4.69, 9.17) is 0 Å². The SMILES string of the molecule is FC1C(Br)CC2NNNC2C1F. The molecule has 1 saturated carbocycles. The van der Waals surface area contributed by atoms with E-state index in [0.717, 1.165) is 0 Å². The van der Waals surface area contributed by atoms with Crippen molar-refractivity contribution in [3.63, 3.8) is 0 Å². The minimum Gasteiger partial charge on any atom is -0.243 e. The average molecular weight is 242 g/mol. The van der Waals surface area contributed by atoms with Gasteiger partial charge in [-0.3, -0.25) is 0 Å². The van der Waals surface area contributed by atoms with Gasteiger partial charge in [0.1, 0.15) is 6.17 Å². The van der Waals surface area contributed by atoms with E-state index in [2.05, 4.69) is 32.3 Å². The number of halogens is 3. The second kappa shape index (κ2) is 3.17. The summed E-state index contributed by atoms with van der Waals surface area (Å²) in [6, 6.07) is -0.481. The monoisotopic (exact) mass is 241 g/mol. The highest BCUT2D eigenvalue weighted by molar-refractivity contribution is 9.09. The normalized spacial score (nSPS) is 53.8. The van der Waals surface area contributed by atoms with Gasteiger partial charge in [-0.15, -0.1) is 0 Å². The quantitative estimate of drug-likeness (QED) is 0.530. The van der Waals surface area contributed by atoms with Crippen molar-refractivity contribution in [2.24, 2.45) is 0 Å². The topological polar surface area (TPSA) is 36.1 Å². The Morgan fingerprint density at radius 3 is 2.67 bits per heavy atom. The van der Waals surface area contributed by atoms with Gasteiger partial charge in [0, 0.05) is 6.04 Å². The summed E-state index contributed by atoms with van der Waals surface area (Å²) in [7, 11) is 0. The molecule has 1 aliphatic heterocycles. The lowest BCUT2D eigenvalue weighted by atomic mass is 9.88. The fourth-order valence-corrected chi connectivity index (χ4v) is 2.38. The smallest absolute Gasteiger partial charge is 0.150 e. The third kappa shape index (κ3) is 1.26. The molecule has 1 saturated heterocycles. The van der Waals surface area contributed by atoms with Crippen molar-refractivity contribution in [1.29, 1.82) is 0 Å². The molecule has 2 rings (SSSR count). The van der Waals surface area contributed by atoms with Crippen LogP contribution in [0.1, 0.15) is 6.42 Å². The lowest BCUT2D eigenvalue weighted by Gasteiger charge is -2.33. The van der Waals surface area contributed by atoms with Gasteiger partial charge in [0.05, 0.1) is 10.9 Å². The molecule has 6 heteroatoms. The third-order valence-electron chi connectivity index (χ3n) is 2.40. The van der Waals surface area contributed by atoms with E-state index in [-0.39, 0.29) is 10.9 Å². The van der Waals surface area contributed by atoms with E-state index in [1.165, 1.54) is 0 Å². The molecule has 5 unspecified atom stereocenters. The van der Waals surface area contributed by atoms with Gasteiger partial charge in [-0.25, -0.2) is 19.6 Å². The molecule has 0 bridgehead atoms. The molecular formula is C6H10BrF2N3. The van der Waals surface area contributed by atoms with Gasteiger partial charge in [0.25, 0.3) is 0 Å². The zero-order valence-electron chi connectivity index (χ0n) is 6.23. The molecule has 1 aliphatic carbocycles. The van der Waals surface area contributed by atoms with Crippen LogP contribution in [-0.2, 0) is 0 Å². The van der Waals surface area contributed by atoms with Crippen molar-refractivity contribution < 1.29 is 8.78 Å². The Labute approximate surface area is 77.3 Å². The van der Waals surface area contributed by atoms with Crippen LogP contribution in [0.4, 0.5) is 8.78 Å². The molecule has 0 aromatic rings. The Morgan fingerprint density at radius 2 is 1.92 bits per heavy atom. The summed E-state index contributed by atoms with van der Waals surface area (Å²) in [5.74, 6) is 0. The maximum Gasteiger partial charge on any atom is 0.150 e. The molecule has 0 aromatic carbocycles. The standard InChI is InChI=1S/C6H10BrF2N3/c7-2-1-3-6(11-12-10-3)5(9)4(2)8/h2-6,10-12H,1H2. The summed E-state index contributed by atoms with van der Waals surface area (Å²) >= 11 is 3.12. The fraction of sp³-hybridized carbons (Fsp3) is 1.00. The Hall–Kier alpha value is 0.220. The summed E-state index contributed by atoms with van der Waals surface area (Å²) in [5.41, 5.74) is 8.11. The van der Waals surface area contributed by atoms with Gasteiger partial charge in [0.2, 0.25) is 0 Å². The number of alkyl halides is 3. The number of hydrogen-bond donors (Lipinski definition) is 3. The minimum absolute atomic E-state index is 0.0311. The highest BCUT2D eigenvalue weighted by atomic mass is 79.9. The van der Waals surface area contributed by atoms with E-state index in [0.29, 0.717) is 6.42 Å². The Morgan fingerprint density at radius 1 is 1.17 bits per heavy atom. The number of nitrogens with one attached hydrogen (secondary N) is 3. The molecule has 2 aliphatic rings. The van der Waals surface area contributed by atoms with E-state index in [9.17, 15) is 8.78 Å². The number of rotatable bonds is 0. The number of fused-ring (bicyclic) bond motifs is 1. The van der Waals surface area contributed by atoms with Crippen LogP contribution in [0.25, 0.3) is 0 Å². The molecule has 1 heterocycles. The first-order chi connectivity index (χ1) is 5.70. The predicted octanol–water partition coefficient (Wildman–Crippen LogP) is 0.179. The first kappa shape index (κ1) is 8.80. The van der Waals surface area contributed by atoms with Gasteiger partial charge in [-0.05, 0) is 6.42 Å². The molecule has 12 heavy (non-hydrogen) atoms. The van der Waals surface area contributed by atoms with E-state index < -0.39 is 18.4 Å². The van der Waals surface area contributed by atoms with Crippen LogP contribution in [0.3, 0.4) is 0 Å². The molecule has 5 atom stereocenters. The summed E-state index contributed by atoms with van der Waals surface area (Å²) in [6.45, 7) is 0. The summed E-state index contributed by atoms with van der Waals surface area (Å²) in [5, 5.41) is 0. The van der Waals surface area contributed by atoms with Crippen LogP contribution in [0.5, 0.6) is 0 Å². The second-order valence-corrected chi connectivity index (χ2v) is 4.36. The van der Waals surface area contributed by atoms with Crippen LogP contribution < -0.4 is 16.4 Å². The molecule has 0 spiro atoms. The zero-order valence-corrected chi connectivity index (χ0v) is 7.81. The predicted molar refractivity (Wildman–Crippen MR) is 44.1 cm³/mol. The van der Waals surface area contributed by atoms with Gasteiger partial charge < -0.3 is 0 Å². The van der Waals surface area contributed by atoms with Gasteiger partial charge >= 0.3 is 0 Å². The second-order valence-electron chi connectivity index (χ2n) is 3.19. The maximum atomic E-state index is 13.2. The molecule has 70 valence electrons. The molecule has 3 N–H and O–H groups in total. The maximum absolute atomic E-state index is 13.2.